The van der Waals surface area contributed by atoms with E-state index in [0.29, 0.717) is 30.8 Å². The van der Waals surface area contributed by atoms with Gasteiger partial charge in [0.2, 0.25) is 10.0 Å². The van der Waals surface area contributed by atoms with Gasteiger partial charge in [-0.1, -0.05) is 23.7 Å². The van der Waals surface area contributed by atoms with Crippen LogP contribution < -0.4 is 9.46 Å². The Hall–Kier alpha value is -3.31. The number of piperidine rings is 1. The summed E-state index contributed by atoms with van der Waals surface area (Å²) in [5, 5.41) is 28.9. The SMILES string of the molecule is N#Cc1cc(S(=O)(=O)NC2(C#N)CC2)ccc1OC[C@H]1CN(C(=O)O)CC[C@@H]1c1ccc(Cl)cc1. The van der Waals surface area contributed by atoms with Crippen LogP contribution >= 0.6 is 11.6 Å². The molecule has 2 aromatic rings. The molecule has 2 N–H and O–H groups in total. The highest BCUT2D eigenvalue weighted by Crippen LogP contribution is 2.37. The number of amides is 1. The van der Waals surface area contributed by atoms with Gasteiger partial charge in [0.25, 0.3) is 0 Å². The van der Waals surface area contributed by atoms with Gasteiger partial charge in [-0.2, -0.15) is 15.2 Å². The Bertz CT molecular complexity index is 1310. The lowest BCUT2D eigenvalue weighted by molar-refractivity contribution is 0.0937. The molecule has 0 aromatic heterocycles. The van der Waals surface area contributed by atoms with Crippen molar-refractivity contribution in [2.75, 3.05) is 19.7 Å². The van der Waals surface area contributed by atoms with Crippen LogP contribution in [0.15, 0.2) is 47.4 Å². The Morgan fingerprint density at radius 3 is 2.54 bits per heavy atom. The van der Waals surface area contributed by atoms with Crippen LogP contribution in [0.3, 0.4) is 0 Å². The minimum atomic E-state index is -3.98. The minimum Gasteiger partial charge on any atom is -0.492 e. The number of sulfonamides is 1. The Kier molecular flexibility index (Phi) is 6.91. The topological polar surface area (TPSA) is 144 Å². The zero-order valence-electron chi connectivity index (χ0n) is 18.6. The monoisotopic (exact) mass is 514 g/mol. The van der Waals surface area contributed by atoms with Crippen molar-refractivity contribution in [2.24, 2.45) is 5.92 Å². The summed E-state index contributed by atoms with van der Waals surface area (Å²) < 4.78 is 33.7. The number of nitrogens with zero attached hydrogens (tertiary/aromatic N) is 3. The number of nitriles is 2. The molecule has 35 heavy (non-hydrogen) atoms. The van der Waals surface area contributed by atoms with Crippen molar-refractivity contribution in [1.82, 2.24) is 9.62 Å². The van der Waals surface area contributed by atoms with Crippen LogP contribution in [0.1, 0.15) is 36.3 Å². The van der Waals surface area contributed by atoms with E-state index in [-0.39, 0.29) is 41.2 Å². The average Bonchev–Trinajstić information content (AvgIpc) is 3.62. The Morgan fingerprint density at radius 1 is 1.23 bits per heavy atom. The predicted octanol–water partition coefficient (Wildman–Crippen LogP) is 3.71. The van der Waals surface area contributed by atoms with Crippen molar-refractivity contribution in [1.29, 1.82) is 10.5 Å². The quantitative estimate of drug-likeness (QED) is 0.573. The van der Waals surface area contributed by atoms with Crippen molar-refractivity contribution in [2.45, 2.75) is 35.6 Å². The summed E-state index contributed by atoms with van der Waals surface area (Å²) in [4.78, 5) is 12.8. The van der Waals surface area contributed by atoms with E-state index >= 15 is 0 Å². The highest BCUT2D eigenvalue weighted by molar-refractivity contribution is 7.89. The highest BCUT2D eigenvalue weighted by Gasteiger charge is 2.46. The van der Waals surface area contributed by atoms with Crippen LogP contribution in [-0.4, -0.2) is 49.8 Å². The minimum absolute atomic E-state index is 0.0259. The molecule has 2 aromatic carbocycles. The molecule has 1 saturated carbocycles. The van der Waals surface area contributed by atoms with E-state index in [2.05, 4.69) is 4.72 Å². The number of nitrogens with one attached hydrogen (secondary N) is 1. The van der Waals surface area contributed by atoms with Gasteiger partial charge in [0, 0.05) is 24.0 Å². The second kappa shape index (κ2) is 9.74. The van der Waals surface area contributed by atoms with Crippen molar-refractivity contribution in [3.8, 4) is 17.9 Å². The van der Waals surface area contributed by atoms with Crippen LogP contribution in [0, 0.1) is 28.6 Å². The summed E-state index contributed by atoms with van der Waals surface area (Å²) in [6.45, 7) is 0.789. The zero-order chi connectivity index (χ0) is 25.2. The number of likely N-dealkylation sites (tertiary alicyclic amines) is 1. The lowest BCUT2D eigenvalue weighted by atomic mass is 9.81. The number of hydrogen-bond donors (Lipinski definition) is 2. The maximum Gasteiger partial charge on any atom is 0.407 e. The molecule has 0 radical (unpaired) electrons. The Labute approximate surface area is 208 Å². The molecule has 1 amide bonds. The van der Waals surface area contributed by atoms with Gasteiger partial charge in [0.15, 0.2) is 0 Å². The molecule has 0 spiro atoms. The molecule has 1 saturated heterocycles. The van der Waals surface area contributed by atoms with Crippen LogP contribution in [0.25, 0.3) is 0 Å². The second-order valence-electron chi connectivity index (χ2n) is 8.82. The van der Waals surface area contributed by atoms with E-state index in [4.69, 9.17) is 16.3 Å². The molecule has 0 bridgehead atoms. The standard InChI is InChI=1S/C24H23ClN4O5S/c25-19-3-1-16(2-4-19)21-7-10-29(23(30)31)13-18(21)14-34-22-6-5-20(11-17(22)12-26)35(32,33)28-24(15-27)8-9-24/h1-6,11,18,21,28H,7-10,13-14H2,(H,30,31)/t18-,21-/m1/s1. The first-order valence-electron chi connectivity index (χ1n) is 11.0. The van der Waals surface area contributed by atoms with Crippen molar-refractivity contribution < 1.29 is 23.1 Å². The first kappa shape index (κ1) is 24.8. The van der Waals surface area contributed by atoms with Gasteiger partial charge in [-0.05, 0) is 61.1 Å². The van der Waals surface area contributed by atoms with E-state index in [9.17, 15) is 28.8 Å². The Balaban J connectivity index is 1.53. The molecule has 2 atom stereocenters. The van der Waals surface area contributed by atoms with Crippen molar-refractivity contribution in [3.05, 3.63) is 58.6 Å². The van der Waals surface area contributed by atoms with Gasteiger partial charge in [-0.25, -0.2) is 13.2 Å². The van der Waals surface area contributed by atoms with Crippen LogP contribution in [0.4, 0.5) is 4.79 Å². The fraction of sp³-hybridized carbons (Fsp3) is 0.375. The maximum atomic E-state index is 12.7. The largest absolute Gasteiger partial charge is 0.492 e. The van der Waals surface area contributed by atoms with E-state index in [0.717, 1.165) is 5.56 Å². The fourth-order valence-electron chi connectivity index (χ4n) is 4.29. The van der Waals surface area contributed by atoms with E-state index in [1.807, 2.05) is 24.3 Å². The van der Waals surface area contributed by atoms with Gasteiger partial charge in [-0.15, -0.1) is 0 Å². The third-order valence-corrected chi connectivity index (χ3v) is 8.22. The van der Waals surface area contributed by atoms with Crippen LogP contribution in [0.5, 0.6) is 5.75 Å². The van der Waals surface area contributed by atoms with E-state index < -0.39 is 21.7 Å². The molecule has 11 heteroatoms. The molecule has 4 rings (SSSR count). The van der Waals surface area contributed by atoms with Gasteiger partial charge >= 0.3 is 6.09 Å². The van der Waals surface area contributed by atoms with Crippen molar-refractivity contribution in [3.63, 3.8) is 0 Å². The third-order valence-electron chi connectivity index (χ3n) is 6.43. The van der Waals surface area contributed by atoms with Gasteiger partial charge in [-0.3, -0.25) is 0 Å². The fourth-order valence-corrected chi connectivity index (χ4v) is 5.82. The lowest BCUT2D eigenvalue weighted by Gasteiger charge is -2.37. The highest BCUT2D eigenvalue weighted by atomic mass is 35.5. The molecule has 1 aliphatic carbocycles. The molecule has 2 fully saturated rings. The summed E-state index contributed by atoms with van der Waals surface area (Å²) in [5.41, 5.74) is -0.0229. The first-order chi connectivity index (χ1) is 16.7. The summed E-state index contributed by atoms with van der Waals surface area (Å²) >= 11 is 6.01. The zero-order valence-corrected chi connectivity index (χ0v) is 20.2. The Morgan fingerprint density at radius 2 is 1.94 bits per heavy atom. The number of halogens is 1. The molecule has 1 aliphatic heterocycles. The average molecular weight is 515 g/mol. The van der Waals surface area contributed by atoms with E-state index in [1.54, 1.807) is 12.1 Å². The summed E-state index contributed by atoms with van der Waals surface area (Å²) in [6.07, 6.45) is 0.489. The molecule has 2 aliphatic rings. The number of ether oxygens (including phenoxy) is 1. The smallest absolute Gasteiger partial charge is 0.407 e. The predicted molar refractivity (Wildman–Crippen MR) is 126 cm³/mol. The number of carbonyl (C=O) groups is 1. The molecule has 1 heterocycles. The maximum absolute atomic E-state index is 12.7. The number of rotatable bonds is 7. The lowest BCUT2D eigenvalue weighted by Crippen LogP contribution is -2.44. The molecule has 9 nitrogen and oxygen atoms in total. The van der Waals surface area contributed by atoms with Crippen molar-refractivity contribution >= 4 is 27.7 Å². The van der Waals surface area contributed by atoms with Gasteiger partial charge in [0.1, 0.15) is 17.4 Å². The molecule has 0 unspecified atom stereocenters. The van der Waals surface area contributed by atoms with E-state index in [1.165, 1.54) is 23.1 Å². The summed E-state index contributed by atoms with van der Waals surface area (Å²) in [6, 6.07) is 15.3. The van der Waals surface area contributed by atoms with Gasteiger partial charge < -0.3 is 14.7 Å². The molecular formula is C24H23ClN4O5S. The van der Waals surface area contributed by atoms with Gasteiger partial charge in [0.05, 0.1) is 23.1 Å². The second-order valence-corrected chi connectivity index (χ2v) is 10.9. The normalized spacial score (nSPS) is 20.9. The number of benzene rings is 2. The molecular weight excluding hydrogens is 492 g/mol. The number of carboxylic acid groups (broad SMARTS) is 1. The number of hydrogen-bond acceptors (Lipinski definition) is 6. The van der Waals surface area contributed by atoms with Crippen LogP contribution in [0.2, 0.25) is 5.02 Å². The molecule has 182 valence electrons. The first-order valence-corrected chi connectivity index (χ1v) is 12.9. The van der Waals surface area contributed by atoms with Crippen LogP contribution in [-0.2, 0) is 10.0 Å². The summed E-state index contributed by atoms with van der Waals surface area (Å²) in [7, 11) is -3.98. The third kappa shape index (κ3) is 5.51. The summed E-state index contributed by atoms with van der Waals surface area (Å²) in [5.74, 6) is 0.0381.